The fourth-order valence-corrected chi connectivity index (χ4v) is 5.65. The van der Waals surface area contributed by atoms with Gasteiger partial charge in [-0.1, -0.05) is 23.2 Å². The van der Waals surface area contributed by atoms with Crippen molar-refractivity contribution in [2.24, 2.45) is 5.92 Å². The summed E-state index contributed by atoms with van der Waals surface area (Å²) in [4.78, 5) is 23.0. The number of piperazine rings is 1. The molecular formula is C29H35Cl2N7O2. The Labute approximate surface area is 245 Å². The Kier molecular flexibility index (Phi) is 9.36. The number of anilines is 1. The van der Waals surface area contributed by atoms with Crippen LogP contribution in [0.3, 0.4) is 0 Å². The summed E-state index contributed by atoms with van der Waals surface area (Å²) < 4.78 is 6.13. The topological polar surface area (TPSA) is 86.7 Å². The fraction of sp³-hybridized carbons (Fsp3) is 0.448. The highest BCUT2D eigenvalue weighted by Crippen LogP contribution is 2.30. The molecule has 0 saturated carbocycles. The Morgan fingerprint density at radius 2 is 1.68 bits per heavy atom. The van der Waals surface area contributed by atoms with Crippen molar-refractivity contribution in [3.63, 3.8) is 0 Å². The third-order valence-corrected chi connectivity index (χ3v) is 7.87. The summed E-state index contributed by atoms with van der Waals surface area (Å²) in [6.45, 7) is 8.82. The molecule has 11 heteroatoms. The number of hydrogen-bond donors (Lipinski definition) is 1. The summed E-state index contributed by atoms with van der Waals surface area (Å²) in [7, 11) is 2.13. The van der Waals surface area contributed by atoms with Gasteiger partial charge in [-0.15, -0.1) is 10.2 Å². The summed E-state index contributed by atoms with van der Waals surface area (Å²) >= 11 is 12.6. The Morgan fingerprint density at radius 3 is 2.33 bits per heavy atom. The quantitative estimate of drug-likeness (QED) is 0.407. The SMILES string of the molecule is CC(=O)NCC1CCN(Cc2cc(Oc3ccc(N4CCN(C)CC4)nn3)nc(-c3cc(Cl)cc(Cl)c3)c2)CC1. The number of aromatic nitrogens is 3. The molecule has 0 aliphatic carbocycles. The molecule has 0 bridgehead atoms. The number of benzene rings is 1. The standard InChI is InChI=1S/C29H35Cl2N7O2/c1-20(39)32-18-21-5-7-37(8-6-21)19-22-13-26(23-15-24(30)17-25(31)16-23)33-29(14-22)40-28-4-3-27(34-35-28)38-11-9-36(2)10-12-38/h3-4,13-17,21H,5-12,18-19H2,1-2H3,(H,32,39). The molecule has 1 N–H and O–H groups in total. The van der Waals surface area contributed by atoms with Gasteiger partial charge in [-0.25, -0.2) is 4.98 Å². The molecule has 212 valence electrons. The minimum Gasteiger partial charge on any atom is -0.419 e. The van der Waals surface area contributed by atoms with Crippen LogP contribution in [-0.2, 0) is 11.3 Å². The smallest absolute Gasteiger partial charge is 0.240 e. The molecule has 2 aliphatic heterocycles. The van der Waals surface area contributed by atoms with E-state index in [-0.39, 0.29) is 5.91 Å². The van der Waals surface area contributed by atoms with E-state index in [9.17, 15) is 4.79 Å². The predicted molar refractivity (Wildman–Crippen MR) is 158 cm³/mol. The van der Waals surface area contributed by atoms with Gasteiger partial charge in [-0.2, -0.15) is 0 Å². The van der Waals surface area contributed by atoms with Crippen molar-refractivity contribution in [2.45, 2.75) is 26.3 Å². The van der Waals surface area contributed by atoms with Gasteiger partial charge in [0.15, 0.2) is 5.82 Å². The second-order valence-electron chi connectivity index (χ2n) is 10.6. The van der Waals surface area contributed by atoms with Crippen LogP contribution in [0.25, 0.3) is 11.3 Å². The van der Waals surface area contributed by atoms with E-state index in [0.717, 1.165) is 87.8 Å². The van der Waals surface area contributed by atoms with Gasteiger partial charge >= 0.3 is 0 Å². The summed E-state index contributed by atoms with van der Waals surface area (Å²) in [6.07, 6.45) is 2.08. The maximum absolute atomic E-state index is 11.3. The molecular weight excluding hydrogens is 549 g/mol. The van der Waals surface area contributed by atoms with Gasteiger partial charge in [-0.3, -0.25) is 9.69 Å². The fourth-order valence-electron chi connectivity index (χ4n) is 5.13. The van der Waals surface area contributed by atoms with Gasteiger partial charge in [0, 0.05) is 73.9 Å². The predicted octanol–water partition coefficient (Wildman–Crippen LogP) is 4.74. The highest BCUT2D eigenvalue weighted by atomic mass is 35.5. The van der Waals surface area contributed by atoms with Crippen LogP contribution in [0.2, 0.25) is 10.0 Å². The first-order valence-electron chi connectivity index (χ1n) is 13.7. The second-order valence-corrected chi connectivity index (χ2v) is 11.5. The van der Waals surface area contributed by atoms with Crippen LogP contribution < -0.4 is 15.0 Å². The minimum absolute atomic E-state index is 0.0269. The molecule has 9 nitrogen and oxygen atoms in total. The first kappa shape index (κ1) is 28.5. The largest absolute Gasteiger partial charge is 0.419 e. The lowest BCUT2D eigenvalue weighted by Gasteiger charge is -2.32. The summed E-state index contributed by atoms with van der Waals surface area (Å²) in [5.74, 6) is 2.20. The number of likely N-dealkylation sites (tertiary alicyclic amines) is 1. The third-order valence-electron chi connectivity index (χ3n) is 7.44. The number of likely N-dealkylation sites (N-methyl/N-ethyl adjacent to an activating group) is 1. The first-order valence-corrected chi connectivity index (χ1v) is 14.5. The molecule has 5 rings (SSSR count). The number of carbonyl (C=O) groups excluding carboxylic acids is 1. The zero-order chi connectivity index (χ0) is 28.1. The first-order chi connectivity index (χ1) is 19.3. The Hall–Kier alpha value is -2.98. The van der Waals surface area contributed by atoms with Gasteiger partial charge in [0.25, 0.3) is 0 Å². The van der Waals surface area contributed by atoms with Crippen molar-refractivity contribution < 1.29 is 9.53 Å². The molecule has 40 heavy (non-hydrogen) atoms. The Morgan fingerprint density at radius 1 is 0.950 bits per heavy atom. The molecule has 2 saturated heterocycles. The number of halogens is 2. The zero-order valence-corrected chi connectivity index (χ0v) is 24.5. The van der Waals surface area contributed by atoms with Crippen LogP contribution in [0.5, 0.6) is 11.8 Å². The molecule has 4 heterocycles. The van der Waals surface area contributed by atoms with Crippen molar-refractivity contribution >= 4 is 34.9 Å². The molecule has 2 aromatic heterocycles. The van der Waals surface area contributed by atoms with Crippen molar-refractivity contribution in [3.05, 3.63) is 58.1 Å². The number of amides is 1. The average Bonchev–Trinajstić information content (AvgIpc) is 2.93. The number of nitrogens with one attached hydrogen (secondary N) is 1. The third kappa shape index (κ3) is 7.81. The van der Waals surface area contributed by atoms with Crippen LogP contribution in [0.1, 0.15) is 25.3 Å². The zero-order valence-electron chi connectivity index (χ0n) is 22.9. The van der Waals surface area contributed by atoms with Crippen LogP contribution in [-0.4, -0.2) is 83.7 Å². The Balaban J connectivity index is 1.32. The molecule has 0 unspecified atom stereocenters. The van der Waals surface area contributed by atoms with Gasteiger partial charge in [0.1, 0.15) is 0 Å². The van der Waals surface area contributed by atoms with Crippen LogP contribution >= 0.6 is 23.2 Å². The van der Waals surface area contributed by atoms with E-state index < -0.39 is 0 Å². The number of nitrogens with zero attached hydrogens (tertiary/aromatic N) is 6. The van der Waals surface area contributed by atoms with Gasteiger partial charge < -0.3 is 19.9 Å². The molecule has 0 radical (unpaired) electrons. The highest BCUT2D eigenvalue weighted by Gasteiger charge is 2.21. The maximum atomic E-state index is 11.3. The van der Waals surface area contributed by atoms with E-state index in [0.29, 0.717) is 27.7 Å². The van der Waals surface area contributed by atoms with Crippen molar-refractivity contribution in [1.29, 1.82) is 0 Å². The van der Waals surface area contributed by atoms with E-state index in [2.05, 4.69) is 43.3 Å². The molecule has 1 amide bonds. The van der Waals surface area contributed by atoms with E-state index in [1.807, 2.05) is 30.3 Å². The molecule has 2 fully saturated rings. The van der Waals surface area contributed by atoms with Crippen LogP contribution in [0.4, 0.5) is 5.82 Å². The molecule has 3 aromatic rings. The molecule has 1 aromatic carbocycles. The minimum atomic E-state index is 0.0269. The van der Waals surface area contributed by atoms with Gasteiger partial charge in [0.2, 0.25) is 17.7 Å². The monoisotopic (exact) mass is 583 g/mol. The van der Waals surface area contributed by atoms with Gasteiger partial charge in [0.05, 0.1) is 5.69 Å². The number of carbonyl (C=O) groups is 1. The highest BCUT2D eigenvalue weighted by molar-refractivity contribution is 6.35. The summed E-state index contributed by atoms with van der Waals surface area (Å²) in [6, 6.07) is 13.2. The van der Waals surface area contributed by atoms with Crippen molar-refractivity contribution in [2.75, 3.05) is 57.8 Å². The summed E-state index contributed by atoms with van der Waals surface area (Å²) in [5.41, 5.74) is 2.60. The number of hydrogen-bond acceptors (Lipinski definition) is 8. The average molecular weight is 585 g/mol. The lowest BCUT2D eigenvalue weighted by molar-refractivity contribution is -0.119. The molecule has 0 spiro atoms. The lowest BCUT2D eigenvalue weighted by Crippen LogP contribution is -2.44. The van der Waals surface area contributed by atoms with Gasteiger partial charge in [-0.05, 0) is 74.8 Å². The lowest BCUT2D eigenvalue weighted by atomic mass is 9.96. The summed E-state index contributed by atoms with van der Waals surface area (Å²) in [5, 5.41) is 12.8. The normalized spacial score (nSPS) is 17.1. The molecule has 2 aliphatic rings. The number of rotatable bonds is 8. The van der Waals surface area contributed by atoms with Crippen LogP contribution in [0, 0.1) is 5.92 Å². The number of pyridine rings is 1. The van der Waals surface area contributed by atoms with E-state index >= 15 is 0 Å². The molecule has 0 atom stereocenters. The Bertz CT molecular complexity index is 1290. The van der Waals surface area contributed by atoms with E-state index in [1.54, 1.807) is 13.0 Å². The second kappa shape index (κ2) is 13.1. The van der Waals surface area contributed by atoms with E-state index in [4.69, 9.17) is 32.9 Å². The number of ether oxygens (including phenoxy) is 1. The van der Waals surface area contributed by atoms with Crippen LogP contribution in [0.15, 0.2) is 42.5 Å². The van der Waals surface area contributed by atoms with Crippen molar-refractivity contribution in [3.8, 4) is 23.0 Å². The van der Waals surface area contributed by atoms with Crippen molar-refractivity contribution in [1.82, 2.24) is 30.3 Å². The van der Waals surface area contributed by atoms with E-state index in [1.165, 1.54) is 0 Å². The number of piperidine rings is 1. The maximum Gasteiger partial charge on any atom is 0.240 e.